The van der Waals surface area contributed by atoms with Crippen LogP contribution in [0.5, 0.6) is 17.2 Å². The SMILES string of the molecule is O=C1S/C(=C\c2ccccc2Oc2ccc(C(F)(F)F)cc2[N+](=O)[O-])C(=O)N1CCOc1ccccc1. The molecule has 0 atom stereocenters. The second-order valence-electron chi connectivity index (χ2n) is 7.57. The van der Waals surface area contributed by atoms with Gasteiger partial charge in [-0.25, -0.2) is 0 Å². The van der Waals surface area contributed by atoms with Crippen molar-refractivity contribution in [2.45, 2.75) is 6.18 Å². The van der Waals surface area contributed by atoms with Crippen molar-refractivity contribution in [3.8, 4) is 17.2 Å². The first-order chi connectivity index (χ1) is 17.6. The normalized spacial score (nSPS) is 14.8. The molecule has 12 heteroatoms. The molecule has 1 heterocycles. The van der Waals surface area contributed by atoms with Gasteiger partial charge in [0.05, 0.1) is 21.9 Å². The fourth-order valence-electron chi connectivity index (χ4n) is 3.34. The first-order valence-electron chi connectivity index (χ1n) is 10.7. The van der Waals surface area contributed by atoms with Gasteiger partial charge in [-0.3, -0.25) is 24.6 Å². The lowest BCUT2D eigenvalue weighted by atomic mass is 10.1. The summed E-state index contributed by atoms with van der Waals surface area (Å²) in [5.74, 6) is -0.329. The van der Waals surface area contributed by atoms with E-state index in [1.807, 2.05) is 6.07 Å². The number of nitro groups is 1. The third kappa shape index (κ3) is 6.09. The summed E-state index contributed by atoms with van der Waals surface area (Å²) in [4.78, 5) is 36.8. The number of imide groups is 1. The van der Waals surface area contributed by atoms with E-state index < -0.39 is 39.2 Å². The first-order valence-corrected chi connectivity index (χ1v) is 11.5. The summed E-state index contributed by atoms with van der Waals surface area (Å²) in [5.41, 5.74) is -1.77. The molecule has 1 aliphatic heterocycles. The fraction of sp³-hybridized carbons (Fsp3) is 0.120. The zero-order valence-corrected chi connectivity index (χ0v) is 19.6. The monoisotopic (exact) mass is 530 g/mol. The van der Waals surface area contributed by atoms with Gasteiger partial charge in [0.2, 0.25) is 5.75 Å². The lowest BCUT2D eigenvalue weighted by molar-refractivity contribution is -0.385. The number of thioether (sulfide) groups is 1. The Morgan fingerprint density at radius 2 is 1.68 bits per heavy atom. The molecule has 0 N–H and O–H groups in total. The number of nitro benzene ring substituents is 1. The van der Waals surface area contributed by atoms with E-state index in [9.17, 15) is 32.9 Å². The first kappa shape index (κ1) is 25.8. The smallest absolute Gasteiger partial charge is 0.416 e. The van der Waals surface area contributed by atoms with Crippen LogP contribution in [-0.2, 0) is 11.0 Å². The summed E-state index contributed by atoms with van der Waals surface area (Å²) < 4.78 is 50.1. The highest BCUT2D eigenvalue weighted by Gasteiger charge is 2.35. The van der Waals surface area contributed by atoms with Crippen LogP contribution in [0, 0.1) is 10.1 Å². The molecular weight excluding hydrogens is 513 g/mol. The second-order valence-corrected chi connectivity index (χ2v) is 8.57. The number of hydrogen-bond donors (Lipinski definition) is 0. The molecule has 0 bridgehead atoms. The number of carbonyl (C=O) groups is 2. The van der Waals surface area contributed by atoms with Crippen molar-refractivity contribution in [3.63, 3.8) is 0 Å². The highest BCUT2D eigenvalue weighted by Crippen LogP contribution is 2.40. The van der Waals surface area contributed by atoms with Crippen LogP contribution >= 0.6 is 11.8 Å². The van der Waals surface area contributed by atoms with Gasteiger partial charge in [0, 0.05) is 11.6 Å². The van der Waals surface area contributed by atoms with E-state index >= 15 is 0 Å². The Labute approximate surface area is 212 Å². The van der Waals surface area contributed by atoms with Crippen molar-refractivity contribution in [1.82, 2.24) is 4.90 Å². The Morgan fingerprint density at radius 3 is 2.38 bits per heavy atom. The maximum absolute atomic E-state index is 13.0. The Hall–Kier alpha value is -4.32. The molecule has 1 saturated heterocycles. The molecule has 8 nitrogen and oxygen atoms in total. The molecule has 0 aromatic heterocycles. The van der Waals surface area contributed by atoms with Crippen molar-refractivity contribution < 1.29 is 37.2 Å². The van der Waals surface area contributed by atoms with Gasteiger partial charge in [-0.05, 0) is 48.2 Å². The van der Waals surface area contributed by atoms with Gasteiger partial charge in [-0.1, -0.05) is 36.4 Å². The van der Waals surface area contributed by atoms with Crippen molar-refractivity contribution in [1.29, 1.82) is 0 Å². The van der Waals surface area contributed by atoms with Gasteiger partial charge < -0.3 is 9.47 Å². The minimum Gasteiger partial charge on any atom is -0.492 e. The van der Waals surface area contributed by atoms with Gasteiger partial charge in [-0.15, -0.1) is 0 Å². The van der Waals surface area contributed by atoms with Crippen molar-refractivity contribution in [2.24, 2.45) is 0 Å². The van der Waals surface area contributed by atoms with E-state index in [1.165, 1.54) is 18.2 Å². The number of amides is 2. The van der Waals surface area contributed by atoms with Crippen LogP contribution in [0.1, 0.15) is 11.1 Å². The average Bonchev–Trinajstić information content (AvgIpc) is 3.12. The molecule has 190 valence electrons. The summed E-state index contributed by atoms with van der Waals surface area (Å²) in [6.45, 7) is 0.111. The summed E-state index contributed by atoms with van der Waals surface area (Å²) in [5, 5.41) is 10.9. The molecule has 3 aromatic rings. The number of benzene rings is 3. The van der Waals surface area contributed by atoms with Crippen LogP contribution in [0.4, 0.5) is 23.7 Å². The predicted molar refractivity (Wildman–Crippen MR) is 129 cm³/mol. The molecule has 0 spiro atoms. The Kier molecular flexibility index (Phi) is 7.48. The molecule has 0 radical (unpaired) electrons. The van der Waals surface area contributed by atoms with E-state index in [2.05, 4.69) is 0 Å². The number of nitrogens with zero attached hydrogens (tertiary/aromatic N) is 2. The number of hydrogen-bond acceptors (Lipinski definition) is 7. The van der Waals surface area contributed by atoms with Crippen molar-refractivity contribution >= 4 is 34.7 Å². The van der Waals surface area contributed by atoms with Gasteiger partial charge in [-0.2, -0.15) is 13.2 Å². The maximum Gasteiger partial charge on any atom is 0.416 e. The Morgan fingerprint density at radius 1 is 0.973 bits per heavy atom. The molecule has 4 rings (SSSR count). The molecule has 2 amide bonds. The van der Waals surface area contributed by atoms with E-state index in [0.29, 0.717) is 35.2 Å². The zero-order valence-electron chi connectivity index (χ0n) is 18.8. The van der Waals surface area contributed by atoms with Gasteiger partial charge in [0.1, 0.15) is 18.1 Å². The van der Waals surface area contributed by atoms with Gasteiger partial charge in [0.15, 0.2) is 0 Å². The van der Waals surface area contributed by atoms with E-state index in [0.717, 1.165) is 11.0 Å². The standard InChI is InChI=1S/C25H17F3N2O6S/c26-25(27,28)17-10-11-21(19(15-17)30(33)34)36-20-9-5-4-6-16(20)14-22-23(31)29(24(32)37-22)12-13-35-18-7-2-1-3-8-18/h1-11,14-15H,12-13H2/b22-14-. The number of ether oxygens (including phenoxy) is 2. The van der Waals surface area contributed by atoms with Crippen molar-refractivity contribution in [2.75, 3.05) is 13.2 Å². The third-order valence-corrected chi connectivity index (χ3v) is 6.02. The molecular formula is C25H17F3N2O6S. The van der Waals surface area contributed by atoms with Crippen LogP contribution in [0.25, 0.3) is 6.08 Å². The van der Waals surface area contributed by atoms with Gasteiger partial charge >= 0.3 is 11.9 Å². The van der Waals surface area contributed by atoms with Crippen LogP contribution in [-0.4, -0.2) is 34.1 Å². The van der Waals surface area contributed by atoms with Crippen LogP contribution in [0.3, 0.4) is 0 Å². The number of carbonyl (C=O) groups excluding carboxylic acids is 2. The second kappa shape index (κ2) is 10.7. The number of alkyl halides is 3. The van der Waals surface area contributed by atoms with Crippen LogP contribution in [0.2, 0.25) is 0 Å². The van der Waals surface area contributed by atoms with Crippen molar-refractivity contribution in [3.05, 3.63) is 98.9 Å². The Bertz CT molecular complexity index is 1380. The Balaban J connectivity index is 1.53. The molecule has 0 unspecified atom stereocenters. The highest BCUT2D eigenvalue weighted by molar-refractivity contribution is 8.18. The molecule has 0 aliphatic carbocycles. The fourth-order valence-corrected chi connectivity index (χ4v) is 4.20. The van der Waals surface area contributed by atoms with E-state index in [-0.39, 0.29) is 23.8 Å². The maximum atomic E-state index is 13.0. The van der Waals surface area contributed by atoms with Gasteiger partial charge in [0.25, 0.3) is 11.1 Å². The number of rotatable bonds is 8. The van der Waals surface area contributed by atoms with Crippen LogP contribution < -0.4 is 9.47 Å². The largest absolute Gasteiger partial charge is 0.492 e. The quantitative estimate of drug-likeness (QED) is 0.186. The minimum atomic E-state index is -4.77. The topological polar surface area (TPSA) is 99.0 Å². The lowest BCUT2D eigenvalue weighted by Gasteiger charge is -2.13. The molecule has 1 fully saturated rings. The minimum absolute atomic E-state index is 0.0206. The van der Waals surface area contributed by atoms with Crippen LogP contribution in [0.15, 0.2) is 77.7 Å². The predicted octanol–water partition coefficient (Wildman–Crippen LogP) is 6.52. The average molecular weight is 530 g/mol. The third-order valence-electron chi connectivity index (χ3n) is 5.11. The van der Waals surface area contributed by atoms with E-state index in [1.54, 1.807) is 36.4 Å². The summed E-state index contributed by atoms with van der Waals surface area (Å²) >= 11 is 0.705. The lowest BCUT2D eigenvalue weighted by Crippen LogP contribution is -2.32. The zero-order chi connectivity index (χ0) is 26.6. The molecule has 0 saturated carbocycles. The highest BCUT2D eigenvalue weighted by atomic mass is 32.2. The number of halogens is 3. The summed E-state index contributed by atoms with van der Waals surface area (Å²) in [7, 11) is 0. The summed E-state index contributed by atoms with van der Waals surface area (Å²) in [6.07, 6.45) is -3.38. The molecule has 1 aliphatic rings. The summed E-state index contributed by atoms with van der Waals surface area (Å²) in [6, 6.07) is 16.9. The molecule has 37 heavy (non-hydrogen) atoms. The molecule has 3 aromatic carbocycles. The van der Waals surface area contributed by atoms with E-state index in [4.69, 9.17) is 9.47 Å². The number of para-hydroxylation sites is 2.